The van der Waals surface area contributed by atoms with Crippen molar-refractivity contribution in [3.05, 3.63) is 65.5 Å². The molecular weight excluding hydrogens is 295 g/mol. The second-order valence-corrected chi connectivity index (χ2v) is 4.34. The predicted molar refractivity (Wildman–Crippen MR) is 75.6 cm³/mol. The van der Waals surface area contributed by atoms with Crippen LogP contribution in [-0.2, 0) is 6.18 Å². The van der Waals surface area contributed by atoms with Crippen LogP contribution >= 0.6 is 0 Å². The maximum atomic E-state index is 12.8. The lowest BCUT2D eigenvalue weighted by atomic mass is 10.1. The van der Waals surface area contributed by atoms with Crippen molar-refractivity contribution in [1.82, 2.24) is 4.98 Å². The van der Waals surface area contributed by atoms with Crippen LogP contribution in [0.15, 0.2) is 48.7 Å². The molecular formula is C16H12F3NO2. The first-order valence-electron chi connectivity index (χ1n) is 6.31. The summed E-state index contributed by atoms with van der Waals surface area (Å²) in [6.07, 6.45) is -1.19. The summed E-state index contributed by atoms with van der Waals surface area (Å²) >= 11 is 0. The maximum absolute atomic E-state index is 12.8. The van der Waals surface area contributed by atoms with Gasteiger partial charge in [-0.3, -0.25) is 9.78 Å². The van der Waals surface area contributed by atoms with E-state index in [0.717, 1.165) is 18.3 Å². The summed E-state index contributed by atoms with van der Waals surface area (Å²) < 4.78 is 43.6. The van der Waals surface area contributed by atoms with E-state index in [1.165, 1.54) is 19.3 Å². The molecule has 0 aliphatic heterocycles. The number of para-hydroxylation sites is 1. The zero-order chi connectivity index (χ0) is 16.2. The van der Waals surface area contributed by atoms with Crippen molar-refractivity contribution < 1.29 is 22.7 Å². The highest BCUT2D eigenvalue weighted by atomic mass is 19.4. The van der Waals surface area contributed by atoms with E-state index in [1.807, 2.05) is 0 Å². The second-order valence-electron chi connectivity index (χ2n) is 4.34. The molecule has 2 rings (SSSR count). The van der Waals surface area contributed by atoms with Crippen molar-refractivity contribution >= 4 is 11.9 Å². The smallest absolute Gasteiger partial charge is 0.434 e. The molecule has 0 aliphatic rings. The Hall–Kier alpha value is -2.63. The standard InChI is InChI=1S/C16H12F3NO2/c1-22-14-7-3-2-5-11(14)8-9-13(21)12-6-4-10-20-15(12)16(17,18)19/h2-10H,1H3. The third-order valence-electron chi connectivity index (χ3n) is 2.89. The molecule has 22 heavy (non-hydrogen) atoms. The molecule has 0 fully saturated rings. The number of rotatable bonds is 4. The van der Waals surface area contributed by atoms with Crippen molar-refractivity contribution in [3.8, 4) is 5.75 Å². The van der Waals surface area contributed by atoms with Crippen LogP contribution in [0.1, 0.15) is 21.6 Å². The molecule has 0 N–H and O–H groups in total. The average molecular weight is 307 g/mol. The molecule has 0 bridgehead atoms. The number of carbonyl (C=O) groups is 1. The fraction of sp³-hybridized carbons (Fsp3) is 0.125. The van der Waals surface area contributed by atoms with Gasteiger partial charge in [0.2, 0.25) is 0 Å². The molecule has 0 saturated heterocycles. The Bertz CT molecular complexity index is 709. The summed E-state index contributed by atoms with van der Waals surface area (Å²) in [6, 6.07) is 9.26. The third kappa shape index (κ3) is 3.52. The number of ketones is 1. The number of halogens is 3. The van der Waals surface area contributed by atoms with E-state index in [1.54, 1.807) is 24.3 Å². The quantitative estimate of drug-likeness (QED) is 0.633. The number of ether oxygens (including phenoxy) is 1. The summed E-state index contributed by atoms with van der Waals surface area (Å²) in [5.41, 5.74) is -1.08. The first kappa shape index (κ1) is 15.8. The summed E-state index contributed by atoms with van der Waals surface area (Å²) in [6.45, 7) is 0. The lowest BCUT2D eigenvalue weighted by molar-refractivity contribution is -0.141. The van der Waals surface area contributed by atoms with Gasteiger partial charge in [0, 0.05) is 11.8 Å². The van der Waals surface area contributed by atoms with Crippen molar-refractivity contribution in [2.45, 2.75) is 6.18 Å². The molecule has 1 aromatic carbocycles. The molecule has 0 saturated carbocycles. The Morgan fingerprint density at radius 3 is 2.59 bits per heavy atom. The maximum Gasteiger partial charge on any atom is 0.434 e. The molecule has 0 radical (unpaired) electrons. The van der Waals surface area contributed by atoms with E-state index in [2.05, 4.69) is 4.98 Å². The minimum Gasteiger partial charge on any atom is -0.496 e. The van der Waals surface area contributed by atoms with E-state index in [4.69, 9.17) is 4.74 Å². The van der Waals surface area contributed by atoms with Gasteiger partial charge in [0.15, 0.2) is 11.5 Å². The van der Waals surface area contributed by atoms with Crippen LogP contribution in [-0.4, -0.2) is 17.9 Å². The average Bonchev–Trinajstić information content (AvgIpc) is 2.52. The molecule has 3 nitrogen and oxygen atoms in total. The van der Waals surface area contributed by atoms with Crippen LogP contribution < -0.4 is 4.74 Å². The van der Waals surface area contributed by atoms with Gasteiger partial charge in [0.1, 0.15) is 5.75 Å². The van der Waals surface area contributed by atoms with E-state index in [-0.39, 0.29) is 0 Å². The fourth-order valence-electron chi connectivity index (χ4n) is 1.89. The Morgan fingerprint density at radius 2 is 1.91 bits per heavy atom. The van der Waals surface area contributed by atoms with Crippen LogP contribution in [0.25, 0.3) is 6.08 Å². The predicted octanol–water partition coefficient (Wildman–Crippen LogP) is 4.01. The van der Waals surface area contributed by atoms with Gasteiger partial charge in [0.05, 0.1) is 12.7 Å². The second kappa shape index (κ2) is 6.43. The van der Waals surface area contributed by atoms with Crippen molar-refractivity contribution in [2.75, 3.05) is 7.11 Å². The first-order valence-corrected chi connectivity index (χ1v) is 6.31. The number of alkyl halides is 3. The third-order valence-corrected chi connectivity index (χ3v) is 2.89. The zero-order valence-electron chi connectivity index (χ0n) is 11.6. The Morgan fingerprint density at radius 1 is 1.18 bits per heavy atom. The molecule has 1 aromatic heterocycles. The number of hydrogen-bond donors (Lipinski definition) is 0. The summed E-state index contributed by atoms with van der Waals surface area (Å²) in [7, 11) is 1.47. The summed E-state index contributed by atoms with van der Waals surface area (Å²) in [5, 5.41) is 0. The lowest BCUT2D eigenvalue weighted by Crippen LogP contribution is -2.14. The normalized spacial score (nSPS) is 11.6. The van der Waals surface area contributed by atoms with Gasteiger partial charge in [-0.2, -0.15) is 13.2 Å². The van der Waals surface area contributed by atoms with Crippen LogP contribution in [0.5, 0.6) is 5.75 Å². The Kier molecular flexibility index (Phi) is 4.60. The van der Waals surface area contributed by atoms with Gasteiger partial charge in [-0.1, -0.05) is 18.2 Å². The van der Waals surface area contributed by atoms with E-state index in [0.29, 0.717) is 11.3 Å². The lowest BCUT2D eigenvalue weighted by Gasteiger charge is -2.09. The molecule has 0 aliphatic carbocycles. The number of aromatic nitrogens is 1. The fourth-order valence-corrected chi connectivity index (χ4v) is 1.89. The van der Waals surface area contributed by atoms with Gasteiger partial charge in [-0.15, -0.1) is 0 Å². The van der Waals surface area contributed by atoms with Crippen LogP contribution in [0.2, 0.25) is 0 Å². The molecule has 2 aromatic rings. The van der Waals surface area contributed by atoms with Gasteiger partial charge in [-0.25, -0.2) is 0 Å². The highest BCUT2D eigenvalue weighted by Gasteiger charge is 2.36. The van der Waals surface area contributed by atoms with E-state index < -0.39 is 23.2 Å². The van der Waals surface area contributed by atoms with E-state index in [9.17, 15) is 18.0 Å². The van der Waals surface area contributed by atoms with Crippen molar-refractivity contribution in [1.29, 1.82) is 0 Å². The highest BCUT2D eigenvalue weighted by molar-refractivity contribution is 6.07. The number of pyridine rings is 1. The summed E-state index contributed by atoms with van der Waals surface area (Å²) in [4.78, 5) is 15.3. The summed E-state index contributed by atoms with van der Waals surface area (Å²) in [5.74, 6) is -0.250. The zero-order valence-corrected chi connectivity index (χ0v) is 11.6. The number of methoxy groups -OCH3 is 1. The Labute approximate surface area is 125 Å². The Balaban J connectivity index is 2.32. The van der Waals surface area contributed by atoms with E-state index >= 15 is 0 Å². The van der Waals surface area contributed by atoms with Crippen LogP contribution in [0.4, 0.5) is 13.2 Å². The number of benzene rings is 1. The van der Waals surface area contributed by atoms with Crippen molar-refractivity contribution in [3.63, 3.8) is 0 Å². The molecule has 6 heteroatoms. The van der Waals surface area contributed by atoms with Crippen LogP contribution in [0.3, 0.4) is 0 Å². The molecule has 0 amide bonds. The molecule has 0 unspecified atom stereocenters. The minimum atomic E-state index is -4.68. The number of carbonyl (C=O) groups excluding carboxylic acids is 1. The SMILES string of the molecule is COc1ccccc1C=CC(=O)c1cccnc1C(F)(F)F. The van der Waals surface area contributed by atoms with Crippen LogP contribution in [0, 0.1) is 0 Å². The monoisotopic (exact) mass is 307 g/mol. The highest BCUT2D eigenvalue weighted by Crippen LogP contribution is 2.30. The van der Waals surface area contributed by atoms with Gasteiger partial charge in [-0.05, 0) is 30.4 Å². The molecule has 0 spiro atoms. The van der Waals surface area contributed by atoms with Gasteiger partial charge >= 0.3 is 6.18 Å². The number of nitrogens with zero attached hydrogens (tertiary/aromatic N) is 1. The molecule has 0 atom stereocenters. The molecule has 114 valence electrons. The van der Waals surface area contributed by atoms with Gasteiger partial charge in [0.25, 0.3) is 0 Å². The van der Waals surface area contributed by atoms with Gasteiger partial charge < -0.3 is 4.74 Å². The minimum absolute atomic E-state index is 0.485. The van der Waals surface area contributed by atoms with Crippen molar-refractivity contribution in [2.24, 2.45) is 0 Å². The number of hydrogen-bond acceptors (Lipinski definition) is 3. The largest absolute Gasteiger partial charge is 0.496 e. The first-order chi connectivity index (χ1) is 10.4. The molecule has 1 heterocycles. The number of allylic oxidation sites excluding steroid dienone is 1. The topological polar surface area (TPSA) is 39.2 Å².